The molecule has 0 bridgehead atoms. The topological polar surface area (TPSA) is 46.2 Å². The monoisotopic (exact) mass is 340 g/mol. The minimum Gasteiger partial charge on any atom is -0.416 e. The lowest BCUT2D eigenvalue weighted by Crippen LogP contribution is -2.65. The third-order valence-corrected chi connectivity index (χ3v) is 19.0. The van der Waals surface area contributed by atoms with Crippen molar-refractivity contribution in [3.8, 4) is 0 Å². The summed E-state index contributed by atoms with van der Waals surface area (Å²) in [6.45, 7) is 15.2. The molecule has 0 aromatic carbocycles. The predicted molar refractivity (Wildman–Crippen MR) is 85.1 cm³/mol. The van der Waals surface area contributed by atoms with Crippen molar-refractivity contribution in [1.82, 2.24) is 0 Å². The second-order valence-corrected chi connectivity index (χ2v) is 20.9. The fourth-order valence-electron chi connectivity index (χ4n) is 2.70. The first-order chi connectivity index (χ1) is 8.39. The van der Waals surface area contributed by atoms with E-state index in [1.165, 1.54) is 0 Å². The van der Waals surface area contributed by atoms with Crippen LogP contribution in [-0.2, 0) is 21.2 Å². The third kappa shape index (κ3) is 5.89. The van der Waals surface area contributed by atoms with Gasteiger partial charge in [-0.15, -0.1) is 0 Å². The van der Waals surface area contributed by atoms with Crippen molar-refractivity contribution in [2.75, 3.05) is 13.7 Å². The van der Waals surface area contributed by atoms with Gasteiger partial charge in [0.2, 0.25) is 0 Å². The van der Waals surface area contributed by atoms with Crippen LogP contribution < -0.4 is 0 Å². The van der Waals surface area contributed by atoms with E-state index in [-0.39, 0.29) is 0 Å². The molecule has 0 amide bonds. The molecule has 1 rings (SSSR count). The normalized spacial score (nSPS) is 28.4. The molecule has 9 heteroatoms. The summed E-state index contributed by atoms with van der Waals surface area (Å²) in [5, 5.41) is 0. The Morgan fingerprint density at radius 1 is 0.684 bits per heavy atom. The quantitative estimate of drug-likeness (QED) is 0.739. The average molecular weight is 341 g/mol. The molecule has 0 unspecified atom stereocenters. The van der Waals surface area contributed by atoms with E-state index >= 15 is 0 Å². The average Bonchev–Trinajstić information content (AvgIpc) is 2.06. The molecule has 0 aliphatic carbocycles. The summed E-state index contributed by atoms with van der Waals surface area (Å²) in [4.78, 5) is 0. The summed E-state index contributed by atoms with van der Waals surface area (Å²) in [5.74, 6) is 0. The van der Waals surface area contributed by atoms with Crippen LogP contribution >= 0.6 is 0 Å². The van der Waals surface area contributed by atoms with Crippen LogP contribution in [0, 0.1) is 0 Å². The second kappa shape index (κ2) is 5.81. The summed E-state index contributed by atoms with van der Waals surface area (Å²) < 4.78 is 30.5. The molecule has 1 aliphatic heterocycles. The minimum atomic E-state index is -2.30. The predicted octanol–water partition coefficient (Wildman–Crippen LogP) is 2.89. The van der Waals surface area contributed by atoms with Crippen molar-refractivity contribution in [1.29, 1.82) is 0 Å². The van der Waals surface area contributed by atoms with Gasteiger partial charge in [-0.3, -0.25) is 0 Å². The second-order valence-electron chi connectivity index (χ2n) is 6.48. The maximum absolute atomic E-state index is 6.38. The number of hydrogen-bond acceptors (Lipinski definition) is 5. The maximum atomic E-state index is 6.38. The van der Waals surface area contributed by atoms with E-state index in [9.17, 15) is 0 Å². The number of hydrogen-bond donors (Lipinski definition) is 0. The fraction of sp³-hybridized carbons (Fsp3) is 1.00. The van der Waals surface area contributed by atoms with Crippen LogP contribution in [-0.4, -0.2) is 48.0 Å². The molecule has 0 N–H and O–H groups in total. The van der Waals surface area contributed by atoms with Crippen molar-refractivity contribution < 1.29 is 21.2 Å². The molecular formula is C10H28O5Si4. The van der Waals surface area contributed by atoms with Crippen molar-refractivity contribution in [3.63, 3.8) is 0 Å². The van der Waals surface area contributed by atoms with Crippen molar-refractivity contribution >= 4 is 34.2 Å². The number of rotatable bonds is 3. The van der Waals surface area contributed by atoms with Gasteiger partial charge < -0.3 is 21.2 Å². The highest BCUT2D eigenvalue weighted by Crippen LogP contribution is 2.32. The minimum absolute atomic E-state index is 0.651. The van der Waals surface area contributed by atoms with Gasteiger partial charge in [0.25, 0.3) is 0 Å². The molecule has 0 spiro atoms. The first-order valence-corrected chi connectivity index (χ1v) is 17.7. The van der Waals surface area contributed by atoms with Gasteiger partial charge in [-0.1, -0.05) is 0 Å². The van der Waals surface area contributed by atoms with E-state index in [2.05, 4.69) is 45.8 Å². The third-order valence-electron chi connectivity index (χ3n) is 2.67. The van der Waals surface area contributed by atoms with Crippen LogP contribution in [0.3, 0.4) is 0 Å². The first kappa shape index (κ1) is 17.7. The molecule has 0 atom stereocenters. The van der Waals surface area contributed by atoms with Crippen molar-refractivity contribution in [3.05, 3.63) is 0 Å². The summed E-state index contributed by atoms with van der Waals surface area (Å²) in [6, 6.07) is 0.811. The van der Waals surface area contributed by atoms with Crippen LogP contribution in [0.4, 0.5) is 0 Å². The van der Waals surface area contributed by atoms with Gasteiger partial charge >= 0.3 is 34.2 Å². The van der Waals surface area contributed by atoms with E-state index < -0.39 is 34.2 Å². The molecule has 1 fully saturated rings. The Morgan fingerprint density at radius 3 is 1.42 bits per heavy atom. The van der Waals surface area contributed by atoms with Gasteiger partial charge in [0.1, 0.15) is 0 Å². The highest BCUT2D eigenvalue weighted by atomic mass is 28.5. The van der Waals surface area contributed by atoms with Gasteiger partial charge in [0.05, 0.1) is 0 Å². The SMILES string of the molecule is COCC[Si]1(C)O[Si](C)(C)O[Si](C)(C)O[Si](C)(C)O1. The molecule has 5 nitrogen and oxygen atoms in total. The maximum Gasteiger partial charge on any atom is 0.319 e. The van der Waals surface area contributed by atoms with Crippen molar-refractivity contribution in [2.24, 2.45) is 0 Å². The summed E-state index contributed by atoms with van der Waals surface area (Å²) >= 11 is 0. The molecule has 19 heavy (non-hydrogen) atoms. The van der Waals surface area contributed by atoms with Crippen LogP contribution in [0.5, 0.6) is 0 Å². The lowest BCUT2D eigenvalue weighted by atomic mass is 10.9. The highest BCUT2D eigenvalue weighted by molar-refractivity contribution is 6.93. The standard InChI is InChI=1S/C10H28O5Si4/c1-11-9-10-19(8)14-17(4,5)12-16(2,3)13-18(6,7)15-19/h9-10H2,1-8H3. The Hall–Kier alpha value is 0.668. The first-order valence-electron chi connectivity index (χ1n) is 6.68. The highest BCUT2D eigenvalue weighted by Gasteiger charge is 2.52. The van der Waals surface area contributed by atoms with Gasteiger partial charge in [-0.25, -0.2) is 0 Å². The van der Waals surface area contributed by atoms with Crippen LogP contribution in [0.15, 0.2) is 0 Å². The lowest BCUT2D eigenvalue weighted by Gasteiger charge is -2.47. The zero-order valence-corrected chi connectivity index (χ0v) is 17.5. The zero-order chi connectivity index (χ0) is 14.9. The Morgan fingerprint density at radius 2 is 1.05 bits per heavy atom. The summed E-state index contributed by atoms with van der Waals surface area (Å²) in [5.41, 5.74) is 0. The smallest absolute Gasteiger partial charge is 0.319 e. The van der Waals surface area contributed by atoms with E-state index in [0.717, 1.165) is 6.04 Å². The van der Waals surface area contributed by atoms with Gasteiger partial charge in [-0.2, -0.15) is 0 Å². The van der Waals surface area contributed by atoms with Crippen LogP contribution in [0.25, 0.3) is 0 Å². The molecule has 0 radical (unpaired) electrons. The molecular weight excluding hydrogens is 312 g/mol. The molecule has 0 saturated carbocycles. The van der Waals surface area contributed by atoms with Crippen LogP contribution in [0.2, 0.25) is 51.9 Å². The summed E-state index contributed by atoms with van der Waals surface area (Å²) in [7, 11) is -7.21. The molecule has 0 aromatic heterocycles. The van der Waals surface area contributed by atoms with Gasteiger partial charge in [0.15, 0.2) is 0 Å². The zero-order valence-electron chi connectivity index (χ0n) is 13.5. The Balaban J connectivity index is 2.97. The molecule has 1 saturated heterocycles. The van der Waals surface area contributed by atoms with E-state index in [1.54, 1.807) is 7.11 Å². The van der Waals surface area contributed by atoms with Gasteiger partial charge in [0, 0.05) is 19.8 Å². The molecule has 1 aliphatic rings. The largest absolute Gasteiger partial charge is 0.416 e. The lowest BCUT2D eigenvalue weighted by molar-refractivity contribution is 0.193. The molecule has 114 valence electrons. The molecule has 0 aromatic rings. The molecule has 1 heterocycles. The Kier molecular flexibility index (Phi) is 5.42. The Bertz CT molecular complexity index is 299. The number of ether oxygens (including phenoxy) is 1. The van der Waals surface area contributed by atoms with E-state index in [1.807, 2.05) is 0 Å². The van der Waals surface area contributed by atoms with Crippen molar-refractivity contribution in [2.45, 2.75) is 51.9 Å². The Labute approximate surface area is 121 Å². The van der Waals surface area contributed by atoms with E-state index in [0.29, 0.717) is 6.61 Å². The summed E-state index contributed by atoms with van der Waals surface area (Å²) in [6.07, 6.45) is 0. The van der Waals surface area contributed by atoms with Gasteiger partial charge in [-0.05, 0) is 45.8 Å². The van der Waals surface area contributed by atoms with Crippen LogP contribution in [0.1, 0.15) is 0 Å². The number of methoxy groups -OCH3 is 1. The van der Waals surface area contributed by atoms with E-state index in [4.69, 9.17) is 21.2 Å². The fourth-order valence-corrected chi connectivity index (χ4v) is 24.0.